The third-order valence-electron chi connectivity index (χ3n) is 4.71. The fourth-order valence-electron chi connectivity index (χ4n) is 3.14. The number of rotatable bonds is 6. The molecular formula is C20H20FN3O4S. The average Bonchev–Trinajstić information content (AvgIpc) is 3.23. The molecule has 0 unspecified atom stereocenters. The number of aromatic nitrogens is 2. The summed E-state index contributed by atoms with van der Waals surface area (Å²) in [6.07, 6.45) is 2.85. The van der Waals surface area contributed by atoms with Crippen LogP contribution in [0.15, 0.2) is 57.9 Å². The van der Waals surface area contributed by atoms with Crippen LogP contribution < -0.4 is 4.74 Å². The second-order valence-electron chi connectivity index (χ2n) is 6.74. The van der Waals surface area contributed by atoms with Crippen molar-refractivity contribution in [3.05, 3.63) is 60.2 Å². The number of halogens is 1. The van der Waals surface area contributed by atoms with Crippen molar-refractivity contribution in [2.45, 2.75) is 30.8 Å². The largest absolute Gasteiger partial charge is 0.484 e. The molecule has 29 heavy (non-hydrogen) atoms. The van der Waals surface area contributed by atoms with E-state index in [0.717, 1.165) is 19.3 Å². The van der Waals surface area contributed by atoms with E-state index in [1.807, 2.05) is 0 Å². The SMILES string of the molecule is O=S(=O)(c1ccc(OCc2nc(-c3ccc(F)cc3)no2)cc1)N1CCCCC1. The lowest BCUT2D eigenvalue weighted by atomic mass is 10.2. The van der Waals surface area contributed by atoms with E-state index in [1.165, 1.54) is 28.6 Å². The van der Waals surface area contributed by atoms with Gasteiger partial charge in [-0.3, -0.25) is 0 Å². The molecule has 1 aromatic heterocycles. The number of ether oxygens (including phenoxy) is 1. The van der Waals surface area contributed by atoms with Gasteiger partial charge < -0.3 is 9.26 Å². The Bertz CT molecular complexity index is 1060. The van der Waals surface area contributed by atoms with Crippen molar-refractivity contribution in [2.24, 2.45) is 0 Å². The van der Waals surface area contributed by atoms with Gasteiger partial charge in [-0.05, 0) is 61.4 Å². The topological polar surface area (TPSA) is 85.5 Å². The van der Waals surface area contributed by atoms with Crippen LogP contribution in [0.2, 0.25) is 0 Å². The molecule has 7 nitrogen and oxygen atoms in total. The molecule has 0 spiro atoms. The van der Waals surface area contributed by atoms with Gasteiger partial charge in [0.1, 0.15) is 11.6 Å². The summed E-state index contributed by atoms with van der Waals surface area (Å²) in [5, 5.41) is 3.85. The van der Waals surface area contributed by atoms with Gasteiger partial charge in [-0.25, -0.2) is 12.8 Å². The maximum atomic E-state index is 13.0. The fraction of sp³-hybridized carbons (Fsp3) is 0.300. The molecule has 2 heterocycles. The highest BCUT2D eigenvalue weighted by molar-refractivity contribution is 7.89. The van der Waals surface area contributed by atoms with Crippen LogP contribution in [-0.2, 0) is 16.6 Å². The normalized spacial score (nSPS) is 15.3. The van der Waals surface area contributed by atoms with Gasteiger partial charge in [-0.1, -0.05) is 11.6 Å². The van der Waals surface area contributed by atoms with Gasteiger partial charge in [-0.15, -0.1) is 0 Å². The van der Waals surface area contributed by atoms with Crippen molar-refractivity contribution in [1.29, 1.82) is 0 Å². The van der Waals surface area contributed by atoms with Crippen LogP contribution in [0.4, 0.5) is 4.39 Å². The molecular weight excluding hydrogens is 397 g/mol. The molecule has 0 N–H and O–H groups in total. The van der Waals surface area contributed by atoms with E-state index in [0.29, 0.717) is 30.2 Å². The fourth-order valence-corrected chi connectivity index (χ4v) is 4.65. The lowest BCUT2D eigenvalue weighted by Crippen LogP contribution is -2.35. The Morgan fingerprint density at radius 1 is 1.00 bits per heavy atom. The molecule has 2 aromatic carbocycles. The van der Waals surface area contributed by atoms with E-state index < -0.39 is 10.0 Å². The summed E-state index contributed by atoms with van der Waals surface area (Å²) < 4.78 is 50.6. The third-order valence-corrected chi connectivity index (χ3v) is 6.62. The first kappa shape index (κ1) is 19.5. The molecule has 152 valence electrons. The minimum Gasteiger partial charge on any atom is -0.484 e. The molecule has 0 radical (unpaired) electrons. The summed E-state index contributed by atoms with van der Waals surface area (Å²) in [6, 6.07) is 12.1. The summed E-state index contributed by atoms with van der Waals surface area (Å²) in [7, 11) is -3.47. The van der Waals surface area contributed by atoms with Crippen molar-refractivity contribution in [3.63, 3.8) is 0 Å². The zero-order valence-corrected chi connectivity index (χ0v) is 16.4. The molecule has 1 aliphatic heterocycles. The van der Waals surface area contributed by atoms with E-state index in [4.69, 9.17) is 9.26 Å². The van der Waals surface area contributed by atoms with Crippen LogP contribution in [0.1, 0.15) is 25.2 Å². The van der Waals surface area contributed by atoms with Gasteiger partial charge in [0.15, 0.2) is 6.61 Å². The lowest BCUT2D eigenvalue weighted by Gasteiger charge is -2.25. The number of piperidine rings is 1. The Balaban J connectivity index is 1.39. The summed E-state index contributed by atoms with van der Waals surface area (Å²) in [5.74, 6) is 0.747. The van der Waals surface area contributed by atoms with Crippen LogP contribution in [0, 0.1) is 5.82 Å². The second kappa shape index (κ2) is 8.30. The maximum Gasteiger partial charge on any atom is 0.264 e. The average molecular weight is 417 g/mol. The molecule has 9 heteroatoms. The summed E-state index contributed by atoms with van der Waals surface area (Å²) in [6.45, 7) is 1.16. The van der Waals surface area contributed by atoms with Crippen LogP contribution in [-0.4, -0.2) is 36.0 Å². The monoisotopic (exact) mass is 417 g/mol. The van der Waals surface area contributed by atoms with Gasteiger partial charge in [-0.2, -0.15) is 9.29 Å². The number of hydrogen-bond donors (Lipinski definition) is 0. The van der Waals surface area contributed by atoms with Gasteiger partial charge in [0.05, 0.1) is 4.90 Å². The number of benzene rings is 2. The van der Waals surface area contributed by atoms with Crippen molar-refractivity contribution in [3.8, 4) is 17.1 Å². The molecule has 0 atom stereocenters. The van der Waals surface area contributed by atoms with E-state index >= 15 is 0 Å². The highest BCUT2D eigenvalue weighted by Crippen LogP contribution is 2.23. The minimum atomic E-state index is -3.47. The van der Waals surface area contributed by atoms with Crippen LogP contribution in [0.25, 0.3) is 11.4 Å². The van der Waals surface area contributed by atoms with E-state index in [1.54, 1.807) is 24.3 Å². The smallest absolute Gasteiger partial charge is 0.264 e. The number of sulfonamides is 1. The van der Waals surface area contributed by atoms with Gasteiger partial charge in [0, 0.05) is 18.7 Å². The zero-order chi connectivity index (χ0) is 20.3. The van der Waals surface area contributed by atoms with Crippen LogP contribution in [0.3, 0.4) is 0 Å². The summed E-state index contributed by atoms with van der Waals surface area (Å²) >= 11 is 0. The Morgan fingerprint density at radius 3 is 2.38 bits per heavy atom. The zero-order valence-electron chi connectivity index (χ0n) is 15.6. The van der Waals surface area contributed by atoms with E-state index in [-0.39, 0.29) is 23.2 Å². The molecule has 0 aliphatic carbocycles. The molecule has 4 rings (SSSR count). The highest BCUT2D eigenvalue weighted by atomic mass is 32.2. The molecule has 1 saturated heterocycles. The van der Waals surface area contributed by atoms with Gasteiger partial charge in [0.2, 0.25) is 15.8 Å². The molecule has 1 fully saturated rings. The summed E-state index contributed by atoms with van der Waals surface area (Å²) in [4.78, 5) is 4.47. The Morgan fingerprint density at radius 2 is 1.69 bits per heavy atom. The first-order chi connectivity index (χ1) is 14.0. The van der Waals surface area contributed by atoms with E-state index in [2.05, 4.69) is 10.1 Å². The maximum absolute atomic E-state index is 13.0. The summed E-state index contributed by atoms with van der Waals surface area (Å²) in [5.41, 5.74) is 0.633. The van der Waals surface area contributed by atoms with Crippen molar-refractivity contribution >= 4 is 10.0 Å². The predicted octanol–water partition coefficient (Wildman–Crippen LogP) is 3.63. The van der Waals surface area contributed by atoms with E-state index in [9.17, 15) is 12.8 Å². The van der Waals surface area contributed by atoms with Gasteiger partial charge in [0.25, 0.3) is 5.89 Å². The first-order valence-electron chi connectivity index (χ1n) is 9.34. The first-order valence-corrected chi connectivity index (χ1v) is 10.8. The van der Waals surface area contributed by atoms with Gasteiger partial charge >= 0.3 is 0 Å². The van der Waals surface area contributed by atoms with Crippen molar-refractivity contribution in [1.82, 2.24) is 14.4 Å². The molecule has 0 bridgehead atoms. The molecule has 3 aromatic rings. The minimum absolute atomic E-state index is 0.0341. The molecule has 1 aliphatic rings. The van der Waals surface area contributed by atoms with Crippen LogP contribution in [0.5, 0.6) is 5.75 Å². The lowest BCUT2D eigenvalue weighted by molar-refractivity contribution is 0.243. The standard InChI is InChI=1S/C20H20FN3O4S/c21-16-6-4-15(5-7-16)20-22-19(28-23-20)14-27-17-8-10-18(11-9-17)29(25,26)24-12-2-1-3-13-24/h4-11H,1-3,12-14H2. The Hall–Kier alpha value is -2.78. The Labute approximate surface area is 168 Å². The number of nitrogens with zero attached hydrogens (tertiary/aromatic N) is 3. The predicted molar refractivity (Wildman–Crippen MR) is 103 cm³/mol. The van der Waals surface area contributed by atoms with Crippen molar-refractivity contribution < 1.29 is 22.1 Å². The highest BCUT2D eigenvalue weighted by Gasteiger charge is 2.25. The third kappa shape index (κ3) is 4.46. The number of hydrogen-bond acceptors (Lipinski definition) is 6. The second-order valence-corrected chi connectivity index (χ2v) is 8.68. The molecule has 0 amide bonds. The molecule has 0 saturated carbocycles. The van der Waals surface area contributed by atoms with Crippen molar-refractivity contribution in [2.75, 3.05) is 13.1 Å². The van der Waals surface area contributed by atoms with Crippen LogP contribution >= 0.6 is 0 Å². The Kier molecular flexibility index (Phi) is 5.59. The quantitative estimate of drug-likeness (QED) is 0.609.